The largest absolute Gasteiger partial charge is 0.504 e. The van der Waals surface area contributed by atoms with Gasteiger partial charge in [-0.25, -0.2) is 0 Å². The highest BCUT2D eigenvalue weighted by Gasteiger charge is 2.11. The zero-order valence-electron chi connectivity index (χ0n) is 12.2. The molecule has 1 aromatic carbocycles. The molecule has 0 fully saturated rings. The van der Waals surface area contributed by atoms with Gasteiger partial charge >= 0.3 is 0 Å². The van der Waals surface area contributed by atoms with Crippen LogP contribution < -0.4 is 4.74 Å². The zero-order chi connectivity index (χ0) is 15.4. The van der Waals surface area contributed by atoms with Crippen LogP contribution >= 0.6 is 12.2 Å². The van der Waals surface area contributed by atoms with Crippen LogP contribution in [0.25, 0.3) is 0 Å². The van der Waals surface area contributed by atoms with Gasteiger partial charge in [0.15, 0.2) is 17.3 Å². The standard InChI is InChI=1S/C14H18N4O2S/c1-4-9(2)13-16-17-14(21)18(13)15-8-10-5-6-11(19)12(7-10)20-3/h5-9,19H,4H2,1-3H3,(H,17,21). The average molecular weight is 306 g/mol. The van der Waals surface area contributed by atoms with Crippen LogP contribution in [0.1, 0.15) is 37.6 Å². The molecule has 2 aromatic rings. The Labute approximate surface area is 128 Å². The van der Waals surface area contributed by atoms with Crippen molar-refractivity contribution in [3.8, 4) is 11.5 Å². The summed E-state index contributed by atoms with van der Waals surface area (Å²) in [4.78, 5) is 0. The van der Waals surface area contributed by atoms with Gasteiger partial charge in [0.25, 0.3) is 0 Å². The van der Waals surface area contributed by atoms with Crippen LogP contribution in [0.2, 0.25) is 0 Å². The number of phenols is 1. The Balaban J connectivity index is 2.34. The van der Waals surface area contributed by atoms with Crippen LogP contribution in [0.3, 0.4) is 0 Å². The molecule has 0 bridgehead atoms. The summed E-state index contributed by atoms with van der Waals surface area (Å²) in [5, 5.41) is 20.9. The van der Waals surface area contributed by atoms with E-state index in [2.05, 4.69) is 29.1 Å². The van der Waals surface area contributed by atoms with E-state index in [0.717, 1.165) is 17.8 Å². The van der Waals surface area contributed by atoms with Crippen molar-refractivity contribution in [3.63, 3.8) is 0 Å². The Bertz CT molecular complexity index is 705. The molecule has 0 aliphatic carbocycles. The van der Waals surface area contributed by atoms with Gasteiger partial charge in [0.05, 0.1) is 13.3 Å². The van der Waals surface area contributed by atoms with Gasteiger partial charge in [-0.1, -0.05) is 13.8 Å². The Hall–Kier alpha value is -2.15. The maximum Gasteiger partial charge on any atom is 0.216 e. The second-order valence-electron chi connectivity index (χ2n) is 4.68. The molecular weight excluding hydrogens is 288 g/mol. The minimum Gasteiger partial charge on any atom is -0.504 e. The molecule has 0 aliphatic rings. The van der Waals surface area contributed by atoms with Crippen LogP contribution in [-0.2, 0) is 0 Å². The number of H-pyrrole nitrogens is 1. The number of aromatic nitrogens is 3. The first-order valence-electron chi connectivity index (χ1n) is 6.65. The molecule has 112 valence electrons. The van der Waals surface area contributed by atoms with Crippen LogP contribution in [0.4, 0.5) is 0 Å². The Morgan fingerprint density at radius 3 is 3.00 bits per heavy atom. The molecule has 0 amide bonds. The first-order valence-corrected chi connectivity index (χ1v) is 7.06. The van der Waals surface area contributed by atoms with E-state index >= 15 is 0 Å². The number of aromatic hydroxyl groups is 1. The number of benzene rings is 1. The van der Waals surface area contributed by atoms with Crippen molar-refractivity contribution in [3.05, 3.63) is 34.4 Å². The predicted molar refractivity (Wildman–Crippen MR) is 83.8 cm³/mol. The van der Waals surface area contributed by atoms with E-state index in [1.165, 1.54) is 7.11 Å². The lowest BCUT2D eigenvalue weighted by atomic mass is 10.1. The van der Waals surface area contributed by atoms with Crippen molar-refractivity contribution < 1.29 is 9.84 Å². The Morgan fingerprint density at radius 2 is 2.33 bits per heavy atom. The molecule has 6 nitrogen and oxygen atoms in total. The van der Waals surface area contributed by atoms with E-state index in [1.807, 2.05) is 0 Å². The normalized spacial score (nSPS) is 12.7. The van der Waals surface area contributed by atoms with Crippen molar-refractivity contribution in [2.45, 2.75) is 26.2 Å². The minimum absolute atomic E-state index is 0.0925. The van der Waals surface area contributed by atoms with Gasteiger partial charge in [-0.2, -0.15) is 14.9 Å². The lowest BCUT2D eigenvalue weighted by Gasteiger charge is -2.07. The zero-order valence-corrected chi connectivity index (χ0v) is 13.0. The number of hydrogen-bond acceptors (Lipinski definition) is 5. The van der Waals surface area contributed by atoms with Crippen LogP contribution in [0.15, 0.2) is 23.3 Å². The summed E-state index contributed by atoms with van der Waals surface area (Å²) < 4.78 is 7.13. The first-order chi connectivity index (χ1) is 10.1. The quantitative estimate of drug-likeness (QED) is 0.657. The fourth-order valence-corrected chi connectivity index (χ4v) is 2.00. The van der Waals surface area contributed by atoms with Gasteiger partial charge in [0.1, 0.15) is 0 Å². The van der Waals surface area contributed by atoms with E-state index in [1.54, 1.807) is 29.1 Å². The number of hydrogen-bond donors (Lipinski definition) is 2. The maximum absolute atomic E-state index is 9.57. The molecule has 1 atom stereocenters. The van der Waals surface area contributed by atoms with Crippen molar-refractivity contribution in [2.75, 3.05) is 7.11 Å². The molecule has 7 heteroatoms. The summed E-state index contributed by atoms with van der Waals surface area (Å²) in [6.45, 7) is 4.15. The fraction of sp³-hybridized carbons (Fsp3) is 0.357. The topological polar surface area (TPSA) is 75.4 Å². The minimum atomic E-state index is 0.0925. The Morgan fingerprint density at radius 1 is 1.57 bits per heavy atom. The average Bonchev–Trinajstić information content (AvgIpc) is 2.86. The molecule has 0 spiro atoms. The fourth-order valence-electron chi connectivity index (χ4n) is 1.82. The molecule has 0 radical (unpaired) electrons. The molecular formula is C14H18N4O2S. The summed E-state index contributed by atoms with van der Waals surface area (Å²) >= 11 is 5.19. The third-order valence-corrected chi connectivity index (χ3v) is 3.52. The molecule has 0 saturated carbocycles. The number of ether oxygens (including phenoxy) is 1. The van der Waals surface area contributed by atoms with Gasteiger partial charge in [-0.3, -0.25) is 5.10 Å². The number of rotatable bonds is 5. The van der Waals surface area contributed by atoms with Crippen molar-refractivity contribution >= 4 is 18.4 Å². The summed E-state index contributed by atoms with van der Waals surface area (Å²) in [5.41, 5.74) is 0.794. The van der Waals surface area contributed by atoms with Crippen molar-refractivity contribution in [1.29, 1.82) is 0 Å². The van der Waals surface area contributed by atoms with Gasteiger partial charge < -0.3 is 9.84 Å². The third-order valence-electron chi connectivity index (χ3n) is 3.25. The third kappa shape index (κ3) is 3.30. The van der Waals surface area contributed by atoms with Gasteiger partial charge in [-0.05, 0) is 42.4 Å². The van der Waals surface area contributed by atoms with E-state index in [0.29, 0.717) is 10.5 Å². The first kappa shape index (κ1) is 15.2. The summed E-state index contributed by atoms with van der Waals surface area (Å²) in [6.07, 6.45) is 2.60. The van der Waals surface area contributed by atoms with Crippen LogP contribution in [0, 0.1) is 4.77 Å². The molecule has 21 heavy (non-hydrogen) atoms. The van der Waals surface area contributed by atoms with Gasteiger partial charge in [0.2, 0.25) is 4.77 Å². The summed E-state index contributed by atoms with van der Waals surface area (Å²) in [7, 11) is 1.50. The van der Waals surface area contributed by atoms with Crippen molar-refractivity contribution in [2.24, 2.45) is 5.10 Å². The van der Waals surface area contributed by atoms with Crippen LogP contribution in [0.5, 0.6) is 11.5 Å². The number of nitrogens with zero attached hydrogens (tertiary/aromatic N) is 3. The van der Waals surface area contributed by atoms with Crippen LogP contribution in [-0.4, -0.2) is 33.3 Å². The molecule has 1 unspecified atom stereocenters. The molecule has 2 rings (SSSR count). The SMILES string of the molecule is CCC(C)c1n[nH]c(=S)n1N=Cc1ccc(O)c(OC)c1. The monoisotopic (exact) mass is 306 g/mol. The van der Waals surface area contributed by atoms with E-state index in [4.69, 9.17) is 17.0 Å². The maximum atomic E-state index is 9.57. The van der Waals surface area contributed by atoms with E-state index in [-0.39, 0.29) is 11.7 Å². The van der Waals surface area contributed by atoms with E-state index in [9.17, 15) is 5.11 Å². The number of nitrogens with one attached hydrogen (secondary N) is 1. The summed E-state index contributed by atoms with van der Waals surface area (Å²) in [6, 6.07) is 5.00. The summed E-state index contributed by atoms with van der Waals surface area (Å²) in [5.74, 6) is 1.54. The molecule has 2 N–H and O–H groups in total. The Kier molecular flexibility index (Phi) is 4.74. The lowest BCUT2D eigenvalue weighted by Crippen LogP contribution is -2.03. The van der Waals surface area contributed by atoms with Gasteiger partial charge in [-0.15, -0.1) is 0 Å². The highest BCUT2D eigenvalue weighted by Crippen LogP contribution is 2.25. The highest BCUT2D eigenvalue weighted by molar-refractivity contribution is 7.71. The molecule has 1 aromatic heterocycles. The molecule has 0 aliphatic heterocycles. The highest BCUT2D eigenvalue weighted by atomic mass is 32.1. The van der Waals surface area contributed by atoms with E-state index < -0.39 is 0 Å². The van der Waals surface area contributed by atoms with Crippen molar-refractivity contribution in [1.82, 2.24) is 14.9 Å². The molecule has 0 saturated heterocycles. The number of methoxy groups -OCH3 is 1. The predicted octanol–water partition coefficient (Wildman–Crippen LogP) is 3.05. The number of aromatic amines is 1. The lowest BCUT2D eigenvalue weighted by molar-refractivity contribution is 0.373. The number of phenolic OH excluding ortho intramolecular Hbond substituents is 1. The second-order valence-corrected chi connectivity index (χ2v) is 5.07. The second kappa shape index (κ2) is 6.53. The van der Waals surface area contributed by atoms with Gasteiger partial charge in [0, 0.05) is 5.92 Å². The smallest absolute Gasteiger partial charge is 0.216 e. The molecule has 1 heterocycles.